The van der Waals surface area contributed by atoms with E-state index in [1.807, 2.05) is 6.92 Å². The summed E-state index contributed by atoms with van der Waals surface area (Å²) in [6, 6.07) is 2.79. The van der Waals surface area contributed by atoms with Gasteiger partial charge < -0.3 is 5.32 Å². The molecule has 2 aromatic heterocycles. The van der Waals surface area contributed by atoms with Crippen LogP contribution in [0.3, 0.4) is 0 Å². The fourth-order valence-corrected chi connectivity index (χ4v) is 2.34. The molecule has 19 heavy (non-hydrogen) atoms. The van der Waals surface area contributed by atoms with Crippen LogP contribution < -0.4 is 5.32 Å². The number of aromatic nitrogens is 3. The first-order valence-electron chi connectivity index (χ1n) is 6.54. The molecule has 0 aromatic carbocycles. The second-order valence-electron chi connectivity index (χ2n) is 5.14. The summed E-state index contributed by atoms with van der Waals surface area (Å²) in [5, 5.41) is 8.43. The molecule has 0 saturated heterocycles. The molecule has 4 nitrogen and oxygen atoms in total. The third-order valence-corrected chi connectivity index (χ3v) is 3.56. The second-order valence-corrected chi connectivity index (χ2v) is 5.58. The van der Waals surface area contributed by atoms with E-state index >= 15 is 0 Å². The van der Waals surface area contributed by atoms with Crippen molar-refractivity contribution >= 4 is 11.6 Å². The van der Waals surface area contributed by atoms with Crippen molar-refractivity contribution in [3.05, 3.63) is 40.3 Å². The van der Waals surface area contributed by atoms with Crippen molar-refractivity contribution in [1.82, 2.24) is 20.1 Å². The van der Waals surface area contributed by atoms with Crippen molar-refractivity contribution in [3.8, 4) is 5.82 Å². The van der Waals surface area contributed by atoms with Crippen LogP contribution in [0.5, 0.6) is 0 Å². The fraction of sp³-hybridized carbons (Fsp3) is 0.429. The Bertz CT molecular complexity index is 601. The Labute approximate surface area is 117 Å². The van der Waals surface area contributed by atoms with Crippen LogP contribution in [0.2, 0.25) is 5.02 Å². The summed E-state index contributed by atoms with van der Waals surface area (Å²) >= 11 is 5.95. The van der Waals surface area contributed by atoms with Gasteiger partial charge in [0.15, 0.2) is 5.82 Å². The first-order valence-corrected chi connectivity index (χ1v) is 6.92. The Morgan fingerprint density at radius 1 is 1.42 bits per heavy atom. The van der Waals surface area contributed by atoms with Gasteiger partial charge in [-0.05, 0) is 38.3 Å². The number of nitrogens with zero attached hydrogens (tertiary/aromatic N) is 3. The molecule has 0 unspecified atom stereocenters. The summed E-state index contributed by atoms with van der Waals surface area (Å²) in [5.41, 5.74) is 3.42. The van der Waals surface area contributed by atoms with Crippen LogP contribution in [0, 0.1) is 13.8 Å². The van der Waals surface area contributed by atoms with E-state index in [-0.39, 0.29) is 0 Å². The minimum absolute atomic E-state index is 0.627. The number of nitrogens with one attached hydrogen (secondary N) is 1. The molecule has 1 aliphatic rings. The maximum absolute atomic E-state index is 5.95. The Morgan fingerprint density at radius 3 is 2.84 bits per heavy atom. The number of hydrogen-bond donors (Lipinski definition) is 1. The van der Waals surface area contributed by atoms with Gasteiger partial charge in [-0.25, -0.2) is 9.67 Å². The molecule has 2 heterocycles. The highest BCUT2D eigenvalue weighted by Crippen LogP contribution is 2.23. The summed E-state index contributed by atoms with van der Waals surface area (Å²) < 4.78 is 1.76. The van der Waals surface area contributed by atoms with E-state index in [1.54, 1.807) is 17.1 Å². The van der Waals surface area contributed by atoms with Crippen LogP contribution in [-0.4, -0.2) is 20.8 Å². The molecular formula is C14H17ClN4. The lowest BCUT2D eigenvalue weighted by Crippen LogP contribution is -2.19. The monoisotopic (exact) mass is 276 g/mol. The molecule has 1 fully saturated rings. The van der Waals surface area contributed by atoms with Crippen LogP contribution in [0.15, 0.2) is 18.5 Å². The van der Waals surface area contributed by atoms with Crippen molar-refractivity contribution in [2.24, 2.45) is 0 Å². The molecule has 1 saturated carbocycles. The topological polar surface area (TPSA) is 42.7 Å². The Morgan fingerprint density at radius 2 is 2.21 bits per heavy atom. The zero-order chi connectivity index (χ0) is 13.4. The molecule has 100 valence electrons. The molecule has 0 atom stereocenters. The first-order chi connectivity index (χ1) is 9.13. The number of halogens is 1. The van der Waals surface area contributed by atoms with Gasteiger partial charge in [-0.1, -0.05) is 11.6 Å². The van der Waals surface area contributed by atoms with Gasteiger partial charge in [0.25, 0.3) is 0 Å². The van der Waals surface area contributed by atoms with E-state index in [0.717, 1.165) is 18.1 Å². The normalized spacial score (nSPS) is 14.9. The Kier molecular flexibility index (Phi) is 3.29. The van der Waals surface area contributed by atoms with Crippen molar-refractivity contribution in [1.29, 1.82) is 0 Å². The minimum atomic E-state index is 0.627. The van der Waals surface area contributed by atoms with Crippen molar-refractivity contribution in [3.63, 3.8) is 0 Å². The molecule has 0 radical (unpaired) electrons. The maximum Gasteiger partial charge on any atom is 0.158 e. The zero-order valence-corrected chi connectivity index (χ0v) is 11.9. The molecule has 1 N–H and O–H groups in total. The summed E-state index contributed by atoms with van der Waals surface area (Å²) in [7, 11) is 0. The Hall–Kier alpha value is -1.39. The zero-order valence-electron chi connectivity index (χ0n) is 11.2. The van der Waals surface area contributed by atoms with E-state index in [4.69, 9.17) is 11.6 Å². The van der Waals surface area contributed by atoms with Gasteiger partial charge >= 0.3 is 0 Å². The van der Waals surface area contributed by atoms with Gasteiger partial charge in [-0.2, -0.15) is 5.10 Å². The van der Waals surface area contributed by atoms with Crippen LogP contribution in [-0.2, 0) is 6.54 Å². The number of aryl methyl sites for hydroxylation is 2. The molecule has 5 heteroatoms. The maximum atomic E-state index is 5.95. The van der Waals surface area contributed by atoms with Gasteiger partial charge in [0.2, 0.25) is 0 Å². The molecule has 3 rings (SSSR count). The highest BCUT2D eigenvalue weighted by Gasteiger charge is 2.21. The molecule has 0 amide bonds. The molecule has 0 spiro atoms. The van der Waals surface area contributed by atoms with Crippen LogP contribution in [0.4, 0.5) is 0 Å². The SMILES string of the molecule is Cc1cc(C)c(CNC2CC2)c(-n2cc(Cl)cn2)n1. The van der Waals surface area contributed by atoms with E-state index < -0.39 is 0 Å². The smallest absolute Gasteiger partial charge is 0.158 e. The fourth-order valence-electron chi connectivity index (χ4n) is 2.20. The van der Waals surface area contributed by atoms with Crippen LogP contribution in [0.25, 0.3) is 5.82 Å². The summed E-state index contributed by atoms with van der Waals surface area (Å²) in [6.45, 7) is 4.95. The summed E-state index contributed by atoms with van der Waals surface area (Å²) in [5.74, 6) is 0.873. The van der Waals surface area contributed by atoms with Gasteiger partial charge in [-0.15, -0.1) is 0 Å². The molecule has 1 aliphatic carbocycles. The van der Waals surface area contributed by atoms with Crippen LogP contribution >= 0.6 is 11.6 Å². The van der Waals surface area contributed by atoms with E-state index in [2.05, 4.69) is 28.4 Å². The average molecular weight is 277 g/mol. The largest absolute Gasteiger partial charge is 0.310 e. The van der Waals surface area contributed by atoms with Crippen molar-refractivity contribution < 1.29 is 0 Å². The third kappa shape index (κ3) is 2.80. The first kappa shape index (κ1) is 12.6. The molecule has 2 aromatic rings. The van der Waals surface area contributed by atoms with Crippen LogP contribution in [0.1, 0.15) is 29.7 Å². The van der Waals surface area contributed by atoms with E-state index in [1.165, 1.54) is 24.0 Å². The van der Waals surface area contributed by atoms with E-state index in [0.29, 0.717) is 11.1 Å². The number of rotatable bonds is 4. The molecule has 0 bridgehead atoms. The third-order valence-electron chi connectivity index (χ3n) is 3.37. The van der Waals surface area contributed by atoms with Gasteiger partial charge in [-0.3, -0.25) is 0 Å². The van der Waals surface area contributed by atoms with Gasteiger partial charge in [0.05, 0.1) is 17.4 Å². The lowest BCUT2D eigenvalue weighted by molar-refractivity contribution is 0.672. The predicted molar refractivity (Wildman–Crippen MR) is 75.7 cm³/mol. The Balaban J connectivity index is 1.99. The lowest BCUT2D eigenvalue weighted by Gasteiger charge is -2.13. The highest BCUT2D eigenvalue weighted by molar-refractivity contribution is 6.30. The molecule has 0 aliphatic heterocycles. The summed E-state index contributed by atoms with van der Waals surface area (Å²) in [4.78, 5) is 4.62. The lowest BCUT2D eigenvalue weighted by atomic mass is 10.1. The number of hydrogen-bond acceptors (Lipinski definition) is 3. The summed E-state index contributed by atoms with van der Waals surface area (Å²) in [6.07, 6.45) is 5.99. The quantitative estimate of drug-likeness (QED) is 0.934. The minimum Gasteiger partial charge on any atom is -0.310 e. The average Bonchev–Trinajstić information content (AvgIpc) is 3.08. The second kappa shape index (κ2) is 4.94. The van der Waals surface area contributed by atoms with Crippen molar-refractivity contribution in [2.45, 2.75) is 39.3 Å². The number of pyridine rings is 1. The van der Waals surface area contributed by atoms with Gasteiger partial charge in [0.1, 0.15) is 0 Å². The predicted octanol–water partition coefficient (Wildman–Crippen LogP) is 2.79. The highest BCUT2D eigenvalue weighted by atomic mass is 35.5. The van der Waals surface area contributed by atoms with Gasteiger partial charge in [0, 0.05) is 23.8 Å². The van der Waals surface area contributed by atoms with E-state index in [9.17, 15) is 0 Å². The standard InChI is InChI=1S/C14H17ClN4/c1-9-5-10(2)18-14(19-8-11(15)6-17-19)13(9)7-16-12-3-4-12/h5-6,8,12,16H,3-4,7H2,1-2H3. The molecular weight excluding hydrogens is 260 g/mol. The van der Waals surface area contributed by atoms with Crippen molar-refractivity contribution in [2.75, 3.05) is 0 Å².